The van der Waals surface area contributed by atoms with Gasteiger partial charge in [-0.05, 0) is 32.0 Å². The smallest absolute Gasteiger partial charge is 0.210 e. The Balaban J connectivity index is 2.37. The summed E-state index contributed by atoms with van der Waals surface area (Å²) in [4.78, 5) is 4.15. The van der Waals surface area contributed by atoms with E-state index >= 15 is 0 Å². The Hall–Kier alpha value is -2.51. The minimum atomic E-state index is -3.42. The predicted molar refractivity (Wildman–Crippen MR) is 90.5 cm³/mol. The van der Waals surface area contributed by atoms with Crippen molar-refractivity contribution in [3.63, 3.8) is 0 Å². The molecule has 2 aromatic rings. The van der Waals surface area contributed by atoms with E-state index < -0.39 is 20.9 Å². The van der Waals surface area contributed by atoms with E-state index in [4.69, 9.17) is 16.4 Å². The predicted octanol–water partition coefficient (Wildman–Crippen LogP) is 1.71. The number of thiazole rings is 1. The molecule has 8 nitrogen and oxygen atoms in total. The highest BCUT2D eigenvalue weighted by Gasteiger charge is 2.23. The van der Waals surface area contributed by atoms with E-state index in [-0.39, 0.29) is 10.1 Å². The van der Waals surface area contributed by atoms with Crippen molar-refractivity contribution in [1.82, 2.24) is 4.98 Å². The van der Waals surface area contributed by atoms with Crippen molar-refractivity contribution in [2.75, 3.05) is 5.43 Å². The number of nitrogens with two attached hydrogens (primary N) is 1. The van der Waals surface area contributed by atoms with Gasteiger partial charge in [0.15, 0.2) is 5.84 Å². The van der Waals surface area contributed by atoms with Gasteiger partial charge in [0.2, 0.25) is 19.9 Å². The second-order valence-electron chi connectivity index (χ2n) is 4.85. The van der Waals surface area contributed by atoms with Gasteiger partial charge in [-0.2, -0.15) is 10.4 Å². The van der Waals surface area contributed by atoms with Crippen LogP contribution in [0.4, 0.5) is 5.69 Å². The van der Waals surface area contributed by atoms with Gasteiger partial charge >= 0.3 is 0 Å². The van der Waals surface area contributed by atoms with Crippen molar-refractivity contribution in [2.45, 2.75) is 23.4 Å². The molecule has 10 heteroatoms. The lowest BCUT2D eigenvalue weighted by atomic mass is 10.3. The average Bonchev–Trinajstić information content (AvgIpc) is 2.91. The maximum atomic E-state index is 12.2. The summed E-state index contributed by atoms with van der Waals surface area (Å²) >= 11 is 1.07. The minimum absolute atomic E-state index is 0.0737. The molecule has 0 saturated heterocycles. The summed E-state index contributed by atoms with van der Waals surface area (Å²) in [6.45, 7) is 3.21. The molecule has 1 aromatic carbocycles. The molecule has 120 valence electrons. The number of nitrogens with one attached hydrogen (secondary N) is 2. The standard InChI is InChI=1S/C13H14N6O2S2/c1-7(2)23(20,21)13-17-9-4-3-8(5-11(9)22-13)18-19-10(6-14)12(15)16/h3-5,7,18H,1-2H3,(H3,15,16)/b19-10+. The summed E-state index contributed by atoms with van der Waals surface area (Å²) in [7, 11) is -3.42. The van der Waals surface area contributed by atoms with Crippen LogP contribution >= 0.6 is 11.3 Å². The van der Waals surface area contributed by atoms with Gasteiger partial charge in [-0.25, -0.2) is 13.4 Å². The first-order valence-corrected chi connectivity index (χ1v) is 8.84. The molecule has 23 heavy (non-hydrogen) atoms. The third-order valence-corrected chi connectivity index (χ3v) is 6.47. The summed E-state index contributed by atoms with van der Waals surface area (Å²) in [5.74, 6) is -0.441. The molecule has 0 radical (unpaired) electrons. The number of sulfone groups is 1. The quantitative estimate of drug-likeness (QED) is 0.425. The highest BCUT2D eigenvalue weighted by molar-refractivity contribution is 7.94. The third kappa shape index (κ3) is 3.46. The van der Waals surface area contributed by atoms with Crippen LogP contribution in [-0.2, 0) is 9.84 Å². The molecule has 0 spiro atoms. The Morgan fingerprint density at radius 2 is 2.22 bits per heavy atom. The Morgan fingerprint density at radius 3 is 2.78 bits per heavy atom. The van der Waals surface area contributed by atoms with Crippen molar-refractivity contribution in [1.29, 1.82) is 10.7 Å². The van der Waals surface area contributed by atoms with Gasteiger partial charge in [-0.1, -0.05) is 0 Å². The Bertz CT molecular complexity index is 937. The van der Waals surface area contributed by atoms with Crippen molar-refractivity contribution in [2.24, 2.45) is 10.8 Å². The van der Waals surface area contributed by atoms with Gasteiger partial charge in [-0.15, -0.1) is 11.3 Å². The Morgan fingerprint density at radius 1 is 1.52 bits per heavy atom. The zero-order valence-electron chi connectivity index (χ0n) is 12.4. The molecule has 0 aliphatic heterocycles. The molecule has 0 bridgehead atoms. The fraction of sp³-hybridized carbons (Fsp3) is 0.231. The highest BCUT2D eigenvalue weighted by atomic mass is 32.2. The molecular formula is C13H14N6O2S2. The number of hydrazone groups is 1. The maximum absolute atomic E-state index is 12.2. The van der Waals surface area contributed by atoms with E-state index in [1.807, 2.05) is 0 Å². The second kappa shape index (κ2) is 6.31. The Kier molecular flexibility index (Phi) is 4.63. The zero-order valence-corrected chi connectivity index (χ0v) is 14.0. The normalized spacial score (nSPS) is 12.3. The summed E-state index contributed by atoms with van der Waals surface area (Å²) < 4.78 is 25.1. The zero-order chi connectivity index (χ0) is 17.2. The highest BCUT2D eigenvalue weighted by Crippen LogP contribution is 2.29. The first kappa shape index (κ1) is 16.9. The molecule has 0 aliphatic carbocycles. The number of benzene rings is 1. The largest absolute Gasteiger partial charge is 0.382 e. The summed E-state index contributed by atoms with van der Waals surface area (Å²) in [5.41, 5.74) is 8.67. The van der Waals surface area contributed by atoms with Crippen LogP contribution in [0.15, 0.2) is 27.6 Å². The number of hydrogen-bond acceptors (Lipinski definition) is 8. The number of anilines is 1. The van der Waals surface area contributed by atoms with Gasteiger partial charge in [0.25, 0.3) is 0 Å². The molecular weight excluding hydrogens is 336 g/mol. The number of rotatable bonds is 5. The van der Waals surface area contributed by atoms with Crippen LogP contribution in [0.5, 0.6) is 0 Å². The second-order valence-corrected chi connectivity index (χ2v) is 8.56. The number of nitriles is 1. The lowest BCUT2D eigenvalue weighted by Gasteiger charge is -2.01. The number of hydrogen-bond donors (Lipinski definition) is 3. The number of amidine groups is 1. The topological polar surface area (TPSA) is 145 Å². The van der Waals surface area contributed by atoms with E-state index in [1.165, 1.54) is 0 Å². The van der Waals surface area contributed by atoms with Crippen LogP contribution < -0.4 is 11.2 Å². The fourth-order valence-electron chi connectivity index (χ4n) is 1.56. The molecule has 0 saturated carbocycles. The monoisotopic (exact) mass is 350 g/mol. The van der Waals surface area contributed by atoms with Crippen LogP contribution in [-0.4, -0.2) is 30.2 Å². The number of fused-ring (bicyclic) bond motifs is 1. The Labute approximate surface area is 137 Å². The molecule has 0 unspecified atom stereocenters. The van der Waals surface area contributed by atoms with Gasteiger partial charge in [0, 0.05) is 0 Å². The fourth-order valence-corrected chi connectivity index (χ4v) is 4.24. The molecule has 0 aliphatic rings. The van der Waals surface area contributed by atoms with Crippen molar-refractivity contribution >= 4 is 48.6 Å². The first-order chi connectivity index (χ1) is 10.8. The van der Waals surface area contributed by atoms with Gasteiger partial charge in [0.05, 0.1) is 21.2 Å². The summed E-state index contributed by atoms with van der Waals surface area (Å²) in [6.07, 6.45) is 0. The van der Waals surface area contributed by atoms with E-state index in [0.717, 1.165) is 11.3 Å². The van der Waals surface area contributed by atoms with E-state index in [1.54, 1.807) is 38.1 Å². The van der Waals surface area contributed by atoms with E-state index in [9.17, 15) is 8.42 Å². The third-order valence-electron chi connectivity index (χ3n) is 2.89. The number of nitrogens with zero attached hydrogens (tertiary/aromatic N) is 3. The molecule has 4 N–H and O–H groups in total. The lowest BCUT2D eigenvalue weighted by Crippen LogP contribution is -2.21. The SMILES string of the molecule is CC(C)S(=O)(=O)c1nc2ccc(N/N=C(\C#N)C(=N)N)cc2s1. The maximum Gasteiger partial charge on any atom is 0.210 e. The first-order valence-electron chi connectivity index (χ1n) is 6.48. The van der Waals surface area contributed by atoms with Crippen molar-refractivity contribution in [3.8, 4) is 6.07 Å². The molecule has 1 heterocycles. The van der Waals surface area contributed by atoms with Crippen LogP contribution in [0, 0.1) is 16.7 Å². The molecule has 0 atom stereocenters. The van der Waals surface area contributed by atoms with Crippen LogP contribution in [0.1, 0.15) is 13.8 Å². The van der Waals surface area contributed by atoms with Gasteiger partial charge in [-0.3, -0.25) is 10.8 Å². The van der Waals surface area contributed by atoms with Crippen LogP contribution in [0.3, 0.4) is 0 Å². The van der Waals surface area contributed by atoms with Crippen LogP contribution in [0.2, 0.25) is 0 Å². The summed E-state index contributed by atoms with van der Waals surface area (Å²) in [5, 5.41) is 19.1. The lowest BCUT2D eigenvalue weighted by molar-refractivity contribution is 0.587. The van der Waals surface area contributed by atoms with Gasteiger partial charge < -0.3 is 5.73 Å². The van der Waals surface area contributed by atoms with E-state index in [2.05, 4.69) is 15.5 Å². The van der Waals surface area contributed by atoms with Crippen LogP contribution in [0.25, 0.3) is 10.2 Å². The van der Waals surface area contributed by atoms with Crippen molar-refractivity contribution in [3.05, 3.63) is 18.2 Å². The van der Waals surface area contributed by atoms with Crippen molar-refractivity contribution < 1.29 is 8.42 Å². The number of aromatic nitrogens is 1. The van der Waals surface area contributed by atoms with Gasteiger partial charge in [0.1, 0.15) is 6.07 Å². The summed E-state index contributed by atoms with van der Waals surface area (Å²) in [6, 6.07) is 6.67. The molecule has 1 aromatic heterocycles. The molecule has 2 rings (SSSR count). The molecule has 0 fully saturated rings. The average molecular weight is 350 g/mol. The molecule has 0 amide bonds. The minimum Gasteiger partial charge on any atom is -0.382 e. The van der Waals surface area contributed by atoms with E-state index in [0.29, 0.717) is 15.9 Å².